The van der Waals surface area contributed by atoms with Crippen LogP contribution in [0.3, 0.4) is 0 Å². The van der Waals surface area contributed by atoms with Crippen LogP contribution >= 0.6 is 0 Å². The van der Waals surface area contributed by atoms with E-state index in [0.29, 0.717) is 0 Å². The number of aromatic nitrogens is 2. The van der Waals surface area contributed by atoms with Crippen LogP contribution in [0.1, 0.15) is 54.5 Å². The van der Waals surface area contributed by atoms with E-state index in [1.165, 1.54) is 11.1 Å². The van der Waals surface area contributed by atoms with Crippen LogP contribution in [0, 0.1) is 0 Å². The van der Waals surface area contributed by atoms with Crippen molar-refractivity contribution in [2.75, 3.05) is 13.7 Å². The number of ether oxygens (including phenoxy) is 1. The summed E-state index contributed by atoms with van der Waals surface area (Å²) in [6, 6.07) is 6.27. The summed E-state index contributed by atoms with van der Waals surface area (Å²) >= 11 is 0. The Bertz CT molecular complexity index is 744. The smallest absolute Gasteiger partial charge is 0.318 e. The Morgan fingerprint density at radius 1 is 1.36 bits per heavy atom. The molecule has 2 heterocycles. The molecule has 1 fully saturated rings. The highest BCUT2D eigenvalue weighted by molar-refractivity contribution is 5.75. The van der Waals surface area contributed by atoms with E-state index in [4.69, 9.17) is 4.74 Å². The maximum atomic E-state index is 13.0. The number of nitrogens with one attached hydrogen (secondary N) is 2. The van der Waals surface area contributed by atoms with E-state index in [-0.39, 0.29) is 18.1 Å². The fourth-order valence-electron chi connectivity index (χ4n) is 4.16. The van der Waals surface area contributed by atoms with Crippen molar-refractivity contribution < 1.29 is 9.53 Å². The molecule has 2 unspecified atom stereocenters. The molecule has 0 radical (unpaired) electrons. The third kappa shape index (κ3) is 2.97. The Morgan fingerprint density at radius 2 is 2.28 bits per heavy atom. The van der Waals surface area contributed by atoms with E-state index >= 15 is 0 Å². The second-order valence-corrected chi connectivity index (χ2v) is 6.81. The predicted molar refractivity (Wildman–Crippen MR) is 94.5 cm³/mol. The van der Waals surface area contributed by atoms with Crippen LogP contribution in [0.25, 0.3) is 0 Å². The zero-order valence-corrected chi connectivity index (χ0v) is 14.5. The number of likely N-dealkylation sites (tertiary alicyclic amines) is 1. The van der Waals surface area contributed by atoms with E-state index in [9.17, 15) is 4.79 Å². The van der Waals surface area contributed by atoms with E-state index in [1.807, 2.05) is 29.4 Å². The fraction of sp³-hybridized carbons (Fsp3) is 0.474. The lowest BCUT2D eigenvalue weighted by Gasteiger charge is -2.36. The number of rotatable bonds is 3. The number of hydrogen-bond donors (Lipinski definition) is 2. The first-order valence-corrected chi connectivity index (χ1v) is 8.99. The summed E-state index contributed by atoms with van der Waals surface area (Å²) in [5, 5.41) is 10.2. The number of carbonyl (C=O) groups excluding carboxylic acids is 1. The minimum Gasteiger partial charge on any atom is -0.496 e. The predicted octanol–water partition coefficient (Wildman–Crippen LogP) is 3.34. The summed E-state index contributed by atoms with van der Waals surface area (Å²) in [5.74, 6) is 0.920. The number of carbonyl (C=O) groups is 1. The second-order valence-electron chi connectivity index (χ2n) is 6.81. The minimum atomic E-state index is 0.0200. The van der Waals surface area contributed by atoms with E-state index in [0.717, 1.165) is 50.0 Å². The molecular weight excluding hydrogens is 316 g/mol. The topological polar surface area (TPSA) is 70.2 Å². The van der Waals surface area contributed by atoms with Crippen LogP contribution in [-0.4, -0.2) is 34.8 Å². The van der Waals surface area contributed by atoms with Gasteiger partial charge < -0.3 is 15.0 Å². The number of H-pyrrole nitrogens is 1. The van der Waals surface area contributed by atoms with Gasteiger partial charge in [-0.1, -0.05) is 12.1 Å². The zero-order chi connectivity index (χ0) is 17.2. The molecule has 0 spiro atoms. The number of urea groups is 1. The molecule has 2 atom stereocenters. The van der Waals surface area contributed by atoms with Crippen molar-refractivity contribution in [2.45, 2.75) is 44.2 Å². The number of hydrogen-bond acceptors (Lipinski definition) is 3. The van der Waals surface area contributed by atoms with Crippen LogP contribution in [0.2, 0.25) is 0 Å². The third-order valence-electron chi connectivity index (χ3n) is 5.41. The van der Waals surface area contributed by atoms with Crippen LogP contribution in [0.15, 0.2) is 30.6 Å². The van der Waals surface area contributed by atoms with Crippen LogP contribution in [0.4, 0.5) is 4.79 Å². The first-order valence-electron chi connectivity index (χ1n) is 8.99. The average molecular weight is 340 g/mol. The van der Waals surface area contributed by atoms with Gasteiger partial charge in [0.2, 0.25) is 0 Å². The molecule has 2 aromatic rings. The summed E-state index contributed by atoms with van der Waals surface area (Å²) in [6.45, 7) is 0.791. The lowest BCUT2D eigenvalue weighted by Crippen LogP contribution is -2.45. The highest BCUT2D eigenvalue weighted by Crippen LogP contribution is 2.37. The highest BCUT2D eigenvalue weighted by atomic mass is 16.5. The summed E-state index contributed by atoms with van der Waals surface area (Å²) in [4.78, 5) is 14.9. The maximum absolute atomic E-state index is 13.0. The molecule has 0 saturated carbocycles. The molecule has 132 valence electrons. The molecule has 1 aliphatic heterocycles. The second kappa shape index (κ2) is 6.78. The van der Waals surface area contributed by atoms with Crippen LogP contribution in [-0.2, 0) is 6.42 Å². The molecule has 0 bridgehead atoms. The quantitative estimate of drug-likeness (QED) is 0.900. The molecule has 2 aliphatic rings. The Morgan fingerprint density at radius 3 is 3.08 bits per heavy atom. The van der Waals surface area contributed by atoms with E-state index < -0.39 is 0 Å². The summed E-state index contributed by atoms with van der Waals surface area (Å²) < 4.78 is 5.46. The fourth-order valence-corrected chi connectivity index (χ4v) is 4.16. The first kappa shape index (κ1) is 16.0. The molecule has 2 N–H and O–H groups in total. The molecule has 1 saturated heterocycles. The van der Waals surface area contributed by atoms with E-state index in [1.54, 1.807) is 7.11 Å². The first-order chi connectivity index (χ1) is 12.3. The number of nitrogens with zero attached hydrogens (tertiary/aromatic N) is 2. The van der Waals surface area contributed by atoms with Gasteiger partial charge in [0.05, 0.1) is 25.4 Å². The van der Waals surface area contributed by atoms with Gasteiger partial charge in [-0.15, -0.1) is 0 Å². The van der Waals surface area contributed by atoms with Gasteiger partial charge >= 0.3 is 6.03 Å². The van der Waals surface area contributed by atoms with Crippen molar-refractivity contribution in [2.24, 2.45) is 0 Å². The van der Waals surface area contributed by atoms with Gasteiger partial charge in [0.25, 0.3) is 0 Å². The Kier molecular flexibility index (Phi) is 4.34. The Labute approximate surface area is 147 Å². The molecule has 1 aliphatic carbocycles. The van der Waals surface area contributed by atoms with Crippen molar-refractivity contribution >= 4 is 6.03 Å². The largest absolute Gasteiger partial charge is 0.496 e. The van der Waals surface area contributed by atoms with Crippen LogP contribution in [0.5, 0.6) is 5.75 Å². The van der Waals surface area contributed by atoms with Crippen molar-refractivity contribution in [1.82, 2.24) is 20.4 Å². The standard InChI is InChI=1S/C19H24N4O2/c1-25-18-7-4-5-14-15(18)8-9-16(14)22-19(24)23-10-3-2-6-17(23)13-11-20-21-12-13/h4-5,7,11-12,16-17H,2-3,6,8-10H2,1H3,(H,20,21)(H,22,24). The van der Waals surface area contributed by atoms with Crippen molar-refractivity contribution in [3.05, 3.63) is 47.3 Å². The van der Waals surface area contributed by atoms with Crippen LogP contribution < -0.4 is 10.1 Å². The third-order valence-corrected chi connectivity index (χ3v) is 5.41. The van der Waals surface area contributed by atoms with Crippen molar-refractivity contribution in [3.63, 3.8) is 0 Å². The van der Waals surface area contributed by atoms with Crippen molar-refractivity contribution in [3.8, 4) is 5.75 Å². The highest BCUT2D eigenvalue weighted by Gasteiger charge is 2.32. The number of aromatic amines is 1. The molecule has 2 amide bonds. The number of benzene rings is 1. The maximum Gasteiger partial charge on any atom is 0.318 e. The zero-order valence-electron chi connectivity index (χ0n) is 14.5. The number of amides is 2. The van der Waals surface area contributed by atoms with Gasteiger partial charge in [-0.2, -0.15) is 5.10 Å². The summed E-state index contributed by atoms with van der Waals surface area (Å²) in [6.07, 6.45) is 8.76. The van der Waals surface area contributed by atoms with Gasteiger partial charge in [-0.3, -0.25) is 5.10 Å². The number of fused-ring (bicyclic) bond motifs is 1. The molecular formula is C19H24N4O2. The van der Waals surface area contributed by atoms with Gasteiger partial charge in [-0.05, 0) is 49.3 Å². The molecule has 6 heteroatoms. The SMILES string of the molecule is COc1cccc2c1CCC2NC(=O)N1CCCCC1c1cn[nH]c1. The summed E-state index contributed by atoms with van der Waals surface area (Å²) in [5.41, 5.74) is 3.49. The van der Waals surface area contributed by atoms with Gasteiger partial charge in [-0.25, -0.2) is 4.79 Å². The average Bonchev–Trinajstić information content (AvgIpc) is 3.32. The number of methoxy groups -OCH3 is 1. The van der Waals surface area contributed by atoms with Crippen molar-refractivity contribution in [1.29, 1.82) is 0 Å². The lowest BCUT2D eigenvalue weighted by molar-refractivity contribution is 0.148. The number of piperidine rings is 1. The monoisotopic (exact) mass is 340 g/mol. The normalized spacial score (nSPS) is 22.5. The summed E-state index contributed by atoms with van der Waals surface area (Å²) in [7, 11) is 1.70. The van der Waals surface area contributed by atoms with Gasteiger partial charge in [0.15, 0.2) is 0 Å². The molecule has 1 aromatic carbocycles. The Hall–Kier alpha value is -2.50. The van der Waals surface area contributed by atoms with Gasteiger partial charge in [0, 0.05) is 18.3 Å². The van der Waals surface area contributed by atoms with Gasteiger partial charge in [0.1, 0.15) is 5.75 Å². The lowest BCUT2D eigenvalue weighted by atomic mass is 9.98. The molecule has 1 aromatic heterocycles. The molecule has 4 rings (SSSR count). The minimum absolute atomic E-state index is 0.0200. The molecule has 6 nitrogen and oxygen atoms in total. The molecule has 25 heavy (non-hydrogen) atoms. The Balaban J connectivity index is 1.51. The van der Waals surface area contributed by atoms with E-state index in [2.05, 4.69) is 21.6 Å².